The molecule has 3 rings (SSSR count). The average molecular weight is 531 g/mol. The molecule has 1 aliphatic rings. The number of hydrogen-bond acceptors (Lipinski definition) is 6. The first kappa shape index (κ1) is 25.5. The summed E-state index contributed by atoms with van der Waals surface area (Å²) in [5, 5.41) is 22.2. The number of nitrogens with zero attached hydrogens (tertiary/aromatic N) is 2. The highest BCUT2D eigenvalue weighted by Gasteiger charge is 2.50. The highest BCUT2D eigenvalue weighted by atomic mass is 35.5. The van der Waals surface area contributed by atoms with Crippen molar-refractivity contribution in [1.82, 2.24) is 14.9 Å². The molecule has 34 heavy (non-hydrogen) atoms. The van der Waals surface area contributed by atoms with Crippen molar-refractivity contribution in [1.29, 1.82) is 5.26 Å². The number of halogens is 3. The summed E-state index contributed by atoms with van der Waals surface area (Å²) in [4.78, 5) is 22.7. The number of rotatable bonds is 8. The molecule has 0 spiro atoms. The predicted octanol–water partition coefficient (Wildman–Crippen LogP) is 2.21. The molecule has 14 heteroatoms. The zero-order valence-electron chi connectivity index (χ0n) is 17.2. The van der Waals surface area contributed by atoms with Crippen LogP contribution in [-0.4, -0.2) is 61.6 Å². The molecule has 10 nitrogen and oxygen atoms in total. The summed E-state index contributed by atoms with van der Waals surface area (Å²) >= 11 is 11.9. The van der Waals surface area contributed by atoms with Crippen LogP contribution in [0.4, 0.5) is 9.18 Å². The lowest BCUT2D eigenvalue weighted by Crippen LogP contribution is -2.74. The van der Waals surface area contributed by atoms with Gasteiger partial charge in [-0.3, -0.25) is 4.79 Å². The number of nitrogens with one attached hydrogen (secondary N) is 2. The quantitative estimate of drug-likeness (QED) is 0.473. The molecule has 0 saturated carbocycles. The van der Waals surface area contributed by atoms with Gasteiger partial charge in [0, 0.05) is 24.2 Å². The minimum atomic E-state index is -4.05. The summed E-state index contributed by atoms with van der Waals surface area (Å²) in [6.07, 6.45) is -1.41. The Morgan fingerprint density at radius 1 is 1.24 bits per heavy atom. The standard InChI is InChI=1S/C20H17Cl2FN4O6S/c21-13-2-4-17(15(22)5-13)34(31,32)27-9-20(10-27,26-18(28)8-25-19(29)30)11-33-14-3-1-12(7-24)16(23)6-14/h1-6,25H,8-11H2,(H,26,28)(H,29,30). The van der Waals surface area contributed by atoms with Crippen LogP contribution in [0.15, 0.2) is 41.3 Å². The van der Waals surface area contributed by atoms with Crippen molar-refractivity contribution in [2.24, 2.45) is 0 Å². The molecule has 3 N–H and O–H groups in total. The van der Waals surface area contributed by atoms with Crippen molar-refractivity contribution >= 4 is 45.2 Å². The smallest absolute Gasteiger partial charge is 0.405 e. The monoisotopic (exact) mass is 530 g/mol. The van der Waals surface area contributed by atoms with E-state index in [1.807, 2.05) is 5.32 Å². The lowest BCUT2D eigenvalue weighted by Gasteiger charge is -2.48. The van der Waals surface area contributed by atoms with E-state index in [2.05, 4.69) is 5.32 Å². The molecule has 0 radical (unpaired) electrons. The zero-order valence-corrected chi connectivity index (χ0v) is 19.5. The van der Waals surface area contributed by atoms with Crippen LogP contribution < -0.4 is 15.4 Å². The maximum absolute atomic E-state index is 13.9. The Balaban J connectivity index is 1.78. The fourth-order valence-electron chi connectivity index (χ4n) is 3.22. The lowest BCUT2D eigenvalue weighted by atomic mass is 9.93. The number of carbonyl (C=O) groups excluding carboxylic acids is 1. The van der Waals surface area contributed by atoms with Gasteiger partial charge < -0.3 is 20.5 Å². The summed E-state index contributed by atoms with van der Waals surface area (Å²) < 4.78 is 46.5. The molecule has 1 fully saturated rings. The molecule has 1 heterocycles. The van der Waals surface area contributed by atoms with E-state index in [1.165, 1.54) is 30.3 Å². The van der Waals surface area contributed by atoms with Gasteiger partial charge in [-0.2, -0.15) is 9.57 Å². The van der Waals surface area contributed by atoms with E-state index >= 15 is 0 Å². The molecule has 0 atom stereocenters. The molecule has 0 unspecified atom stereocenters. The first-order chi connectivity index (χ1) is 16.0. The summed E-state index contributed by atoms with van der Waals surface area (Å²) in [6, 6.07) is 9.14. The molecule has 0 bridgehead atoms. The van der Waals surface area contributed by atoms with Gasteiger partial charge in [-0.15, -0.1) is 0 Å². The normalized spacial score (nSPS) is 15.0. The number of nitriles is 1. The van der Waals surface area contributed by atoms with E-state index in [1.54, 1.807) is 6.07 Å². The van der Waals surface area contributed by atoms with Gasteiger partial charge in [0.25, 0.3) is 0 Å². The molecule has 1 aliphatic heterocycles. The van der Waals surface area contributed by atoms with Crippen LogP contribution in [-0.2, 0) is 14.8 Å². The van der Waals surface area contributed by atoms with E-state index in [-0.39, 0.29) is 46.0 Å². The molecule has 2 aromatic rings. The van der Waals surface area contributed by atoms with Crippen molar-refractivity contribution in [2.75, 3.05) is 26.2 Å². The van der Waals surface area contributed by atoms with Crippen LogP contribution in [0.25, 0.3) is 0 Å². The molecular weight excluding hydrogens is 514 g/mol. The maximum Gasteiger partial charge on any atom is 0.405 e. The Kier molecular flexibility index (Phi) is 7.52. The third-order valence-electron chi connectivity index (χ3n) is 4.85. The Hall–Kier alpha value is -3.11. The van der Waals surface area contributed by atoms with Crippen LogP contribution in [0.3, 0.4) is 0 Å². The molecule has 2 aromatic carbocycles. The van der Waals surface area contributed by atoms with Crippen LogP contribution in [0.2, 0.25) is 10.0 Å². The lowest BCUT2D eigenvalue weighted by molar-refractivity contribution is -0.124. The molecular formula is C20H17Cl2FN4O6S. The number of carboxylic acid groups (broad SMARTS) is 1. The Morgan fingerprint density at radius 3 is 2.53 bits per heavy atom. The fourth-order valence-corrected chi connectivity index (χ4v) is 5.58. The highest BCUT2D eigenvalue weighted by Crippen LogP contribution is 2.33. The second kappa shape index (κ2) is 10.0. The van der Waals surface area contributed by atoms with E-state index in [4.69, 9.17) is 38.3 Å². The molecule has 0 aromatic heterocycles. The first-order valence-electron chi connectivity index (χ1n) is 9.51. The number of benzene rings is 2. The van der Waals surface area contributed by atoms with E-state index < -0.39 is 39.9 Å². The topological polar surface area (TPSA) is 149 Å². The third-order valence-corrected chi connectivity index (χ3v) is 7.36. The number of ether oxygens (including phenoxy) is 1. The van der Waals surface area contributed by atoms with Gasteiger partial charge in [0.15, 0.2) is 0 Å². The number of hydrogen-bond donors (Lipinski definition) is 3. The van der Waals surface area contributed by atoms with Gasteiger partial charge in [-0.05, 0) is 30.3 Å². The second-order valence-electron chi connectivity index (χ2n) is 7.38. The van der Waals surface area contributed by atoms with Crippen LogP contribution in [0.5, 0.6) is 5.75 Å². The highest BCUT2D eigenvalue weighted by molar-refractivity contribution is 7.89. The van der Waals surface area contributed by atoms with Gasteiger partial charge >= 0.3 is 6.09 Å². The average Bonchev–Trinajstić information content (AvgIpc) is 2.73. The Morgan fingerprint density at radius 2 is 1.94 bits per heavy atom. The fraction of sp³-hybridized carbons (Fsp3) is 0.250. The Bertz CT molecular complexity index is 1280. The number of sulfonamides is 1. The number of amides is 2. The van der Waals surface area contributed by atoms with E-state index in [0.29, 0.717) is 0 Å². The minimum Gasteiger partial charge on any atom is -0.491 e. The van der Waals surface area contributed by atoms with Gasteiger partial charge in [-0.1, -0.05) is 23.2 Å². The summed E-state index contributed by atoms with van der Waals surface area (Å²) in [5.74, 6) is -1.48. The van der Waals surface area contributed by atoms with Crippen molar-refractivity contribution in [3.8, 4) is 11.8 Å². The summed E-state index contributed by atoms with van der Waals surface area (Å²) in [5.41, 5.74) is -1.43. The molecule has 2 amide bonds. The van der Waals surface area contributed by atoms with E-state index in [0.717, 1.165) is 10.4 Å². The third kappa shape index (κ3) is 5.68. The van der Waals surface area contributed by atoms with Gasteiger partial charge in [0.2, 0.25) is 15.9 Å². The summed E-state index contributed by atoms with van der Waals surface area (Å²) in [7, 11) is -4.05. The molecule has 1 saturated heterocycles. The van der Waals surface area contributed by atoms with Crippen LogP contribution in [0.1, 0.15) is 5.56 Å². The minimum absolute atomic E-state index is 0.0517. The van der Waals surface area contributed by atoms with Gasteiger partial charge in [-0.25, -0.2) is 17.6 Å². The summed E-state index contributed by atoms with van der Waals surface area (Å²) in [6.45, 7) is -1.30. The Labute approximate surface area is 203 Å². The van der Waals surface area contributed by atoms with Crippen LogP contribution in [0, 0.1) is 17.1 Å². The van der Waals surface area contributed by atoms with Crippen molar-refractivity contribution < 1.29 is 32.2 Å². The van der Waals surface area contributed by atoms with Crippen molar-refractivity contribution in [3.05, 3.63) is 57.8 Å². The predicted molar refractivity (Wildman–Crippen MR) is 119 cm³/mol. The maximum atomic E-state index is 13.9. The van der Waals surface area contributed by atoms with Crippen molar-refractivity contribution in [3.63, 3.8) is 0 Å². The van der Waals surface area contributed by atoms with Crippen molar-refractivity contribution in [2.45, 2.75) is 10.4 Å². The second-order valence-corrected chi connectivity index (χ2v) is 10.1. The molecule has 180 valence electrons. The number of carbonyl (C=O) groups is 2. The van der Waals surface area contributed by atoms with Gasteiger partial charge in [0.1, 0.15) is 41.2 Å². The largest absolute Gasteiger partial charge is 0.491 e. The first-order valence-corrected chi connectivity index (χ1v) is 11.7. The van der Waals surface area contributed by atoms with E-state index in [9.17, 15) is 22.4 Å². The molecule has 0 aliphatic carbocycles. The SMILES string of the molecule is N#Cc1ccc(OCC2(NC(=O)CNC(=O)O)CN(S(=O)(=O)c3ccc(Cl)cc3Cl)C2)cc1F. The van der Waals surface area contributed by atoms with Gasteiger partial charge in [0.05, 0.1) is 10.6 Å². The van der Waals surface area contributed by atoms with Crippen LogP contribution >= 0.6 is 23.2 Å². The zero-order chi connectivity index (χ0) is 25.1.